The number of carbonyl (C=O) groups is 1. The molecule has 4 heteroatoms. The molecular weight excluding hydrogens is 336 g/mol. The first-order valence-electron chi connectivity index (χ1n) is 8.93. The molecule has 0 aliphatic heterocycles. The first-order valence-corrected chi connectivity index (χ1v) is 8.93. The van der Waals surface area contributed by atoms with Gasteiger partial charge in [-0.15, -0.1) is 0 Å². The summed E-state index contributed by atoms with van der Waals surface area (Å²) >= 11 is 0. The predicted octanol–water partition coefficient (Wildman–Crippen LogP) is 3.93. The molecule has 3 aromatic rings. The lowest BCUT2D eigenvalue weighted by Crippen LogP contribution is -2.32. The zero-order valence-electron chi connectivity index (χ0n) is 15.0. The minimum Gasteiger partial charge on any atom is -0.294 e. The molecule has 1 atom stereocenters. The third kappa shape index (κ3) is 2.88. The number of hydrogen-bond acceptors (Lipinski definition) is 3. The van der Waals surface area contributed by atoms with E-state index in [0.29, 0.717) is 24.1 Å². The summed E-state index contributed by atoms with van der Waals surface area (Å²) in [6.07, 6.45) is 0.966. The molecule has 0 saturated carbocycles. The molecule has 1 aliphatic carbocycles. The second kappa shape index (κ2) is 6.69. The zero-order valence-corrected chi connectivity index (χ0v) is 15.0. The standard InChI is InChI=1S/C23H18N2O2/c1-15-7-5-6-10-20(15)25-21-12-17(16-8-3-2-4-9-16)13-22(26)19(21)11-18(14-24)23(25)27/h2-11,17H,12-13H2,1H3. The van der Waals surface area contributed by atoms with E-state index >= 15 is 0 Å². The van der Waals surface area contributed by atoms with Gasteiger partial charge >= 0.3 is 0 Å². The van der Waals surface area contributed by atoms with E-state index in [-0.39, 0.29) is 22.8 Å². The molecule has 1 unspecified atom stereocenters. The maximum Gasteiger partial charge on any atom is 0.273 e. The van der Waals surface area contributed by atoms with Gasteiger partial charge in [0.15, 0.2) is 5.78 Å². The Morgan fingerprint density at radius 2 is 1.70 bits per heavy atom. The number of nitriles is 1. The van der Waals surface area contributed by atoms with E-state index in [2.05, 4.69) is 0 Å². The normalized spacial score (nSPS) is 15.9. The van der Waals surface area contributed by atoms with Crippen molar-refractivity contribution in [1.29, 1.82) is 5.26 Å². The van der Waals surface area contributed by atoms with Crippen LogP contribution in [0, 0.1) is 18.3 Å². The molecule has 1 aromatic heterocycles. The van der Waals surface area contributed by atoms with Crippen LogP contribution in [0.5, 0.6) is 0 Å². The average Bonchev–Trinajstić information content (AvgIpc) is 2.69. The van der Waals surface area contributed by atoms with Crippen molar-refractivity contribution in [1.82, 2.24) is 4.57 Å². The number of hydrogen-bond donors (Lipinski definition) is 0. The fourth-order valence-electron chi connectivity index (χ4n) is 3.84. The molecule has 0 bridgehead atoms. The Hall–Kier alpha value is -3.45. The Morgan fingerprint density at radius 1 is 1.00 bits per heavy atom. The number of Topliss-reactive ketones (excluding diaryl/α,β-unsaturated/α-hetero) is 1. The Kier molecular flexibility index (Phi) is 4.21. The average molecular weight is 354 g/mol. The van der Waals surface area contributed by atoms with Gasteiger partial charge in [-0.3, -0.25) is 14.2 Å². The third-order valence-electron chi connectivity index (χ3n) is 5.22. The summed E-state index contributed by atoms with van der Waals surface area (Å²) in [6.45, 7) is 1.92. The molecule has 0 radical (unpaired) electrons. The second-order valence-corrected chi connectivity index (χ2v) is 6.90. The highest BCUT2D eigenvalue weighted by atomic mass is 16.1. The van der Waals surface area contributed by atoms with Crippen LogP contribution >= 0.6 is 0 Å². The summed E-state index contributed by atoms with van der Waals surface area (Å²) < 4.78 is 1.57. The van der Waals surface area contributed by atoms with E-state index in [0.717, 1.165) is 16.8 Å². The predicted molar refractivity (Wildman–Crippen MR) is 103 cm³/mol. The van der Waals surface area contributed by atoms with Crippen molar-refractivity contribution in [2.45, 2.75) is 25.7 Å². The number of rotatable bonds is 2. The van der Waals surface area contributed by atoms with Crippen LogP contribution in [-0.2, 0) is 6.42 Å². The van der Waals surface area contributed by atoms with E-state index in [1.807, 2.05) is 67.6 Å². The molecule has 0 saturated heterocycles. The summed E-state index contributed by atoms with van der Waals surface area (Å²) in [4.78, 5) is 25.9. The monoisotopic (exact) mass is 354 g/mol. The molecule has 0 fully saturated rings. The van der Waals surface area contributed by atoms with Crippen molar-refractivity contribution in [2.24, 2.45) is 0 Å². The number of benzene rings is 2. The van der Waals surface area contributed by atoms with Crippen LogP contribution < -0.4 is 5.56 Å². The van der Waals surface area contributed by atoms with Crippen LogP contribution in [0.4, 0.5) is 0 Å². The highest BCUT2D eigenvalue weighted by molar-refractivity contribution is 5.99. The van der Waals surface area contributed by atoms with Crippen molar-refractivity contribution >= 4 is 5.78 Å². The summed E-state index contributed by atoms with van der Waals surface area (Å²) in [5, 5.41) is 9.40. The number of fused-ring (bicyclic) bond motifs is 1. The molecule has 1 heterocycles. The van der Waals surface area contributed by atoms with Crippen molar-refractivity contribution in [3.63, 3.8) is 0 Å². The van der Waals surface area contributed by atoms with E-state index < -0.39 is 0 Å². The lowest BCUT2D eigenvalue weighted by molar-refractivity contribution is 0.0962. The topological polar surface area (TPSA) is 62.9 Å². The Morgan fingerprint density at radius 3 is 2.41 bits per heavy atom. The van der Waals surface area contributed by atoms with Gasteiger partial charge in [-0.05, 0) is 42.5 Å². The number of para-hydroxylation sites is 1. The van der Waals surface area contributed by atoms with E-state index in [1.54, 1.807) is 4.57 Å². The largest absolute Gasteiger partial charge is 0.294 e. The molecule has 4 nitrogen and oxygen atoms in total. The van der Waals surface area contributed by atoms with Crippen LogP contribution in [0.3, 0.4) is 0 Å². The fraction of sp³-hybridized carbons (Fsp3) is 0.174. The van der Waals surface area contributed by atoms with Gasteiger partial charge in [-0.1, -0.05) is 48.5 Å². The molecule has 4 rings (SSSR count). The molecule has 0 amide bonds. The zero-order chi connectivity index (χ0) is 19.0. The molecule has 2 aromatic carbocycles. The molecule has 1 aliphatic rings. The molecule has 0 spiro atoms. The second-order valence-electron chi connectivity index (χ2n) is 6.90. The van der Waals surface area contributed by atoms with Gasteiger partial charge in [0.25, 0.3) is 5.56 Å². The Labute approximate surface area is 157 Å². The SMILES string of the molecule is Cc1ccccc1-n1c2c(cc(C#N)c1=O)C(=O)CC(c1ccccc1)C2. The minimum absolute atomic E-state index is 0.00325. The van der Waals surface area contributed by atoms with Crippen molar-refractivity contribution in [3.05, 3.63) is 99.0 Å². The highest BCUT2D eigenvalue weighted by Crippen LogP contribution is 2.33. The minimum atomic E-state index is -0.368. The Balaban J connectivity index is 1.97. The van der Waals surface area contributed by atoms with Crippen molar-refractivity contribution < 1.29 is 4.79 Å². The first kappa shape index (κ1) is 17.0. The van der Waals surface area contributed by atoms with Crippen molar-refractivity contribution in [2.75, 3.05) is 0 Å². The van der Waals surface area contributed by atoms with Gasteiger partial charge in [0.2, 0.25) is 0 Å². The van der Waals surface area contributed by atoms with Gasteiger partial charge < -0.3 is 0 Å². The fourth-order valence-corrected chi connectivity index (χ4v) is 3.84. The van der Waals surface area contributed by atoms with Crippen LogP contribution in [0.2, 0.25) is 0 Å². The quantitative estimate of drug-likeness (QED) is 0.700. The van der Waals surface area contributed by atoms with Gasteiger partial charge in [0.1, 0.15) is 11.6 Å². The van der Waals surface area contributed by atoms with E-state index in [9.17, 15) is 14.9 Å². The van der Waals surface area contributed by atoms with E-state index in [1.165, 1.54) is 6.07 Å². The lowest BCUT2D eigenvalue weighted by atomic mass is 9.81. The van der Waals surface area contributed by atoms with Gasteiger partial charge in [-0.2, -0.15) is 5.26 Å². The highest BCUT2D eigenvalue weighted by Gasteiger charge is 2.30. The van der Waals surface area contributed by atoms with Gasteiger partial charge in [0, 0.05) is 17.7 Å². The van der Waals surface area contributed by atoms with Crippen LogP contribution in [0.25, 0.3) is 5.69 Å². The molecule has 27 heavy (non-hydrogen) atoms. The molecule has 0 N–H and O–H groups in total. The molecule has 132 valence electrons. The number of aromatic nitrogens is 1. The number of carbonyl (C=O) groups excluding carboxylic acids is 1. The number of ketones is 1. The maximum absolute atomic E-state index is 13.0. The van der Waals surface area contributed by atoms with Crippen LogP contribution in [0.15, 0.2) is 65.5 Å². The third-order valence-corrected chi connectivity index (χ3v) is 5.22. The Bertz CT molecular complexity index is 1140. The summed E-state index contributed by atoms with van der Waals surface area (Å²) in [7, 11) is 0. The van der Waals surface area contributed by atoms with Crippen LogP contribution in [-0.4, -0.2) is 10.4 Å². The van der Waals surface area contributed by atoms with E-state index in [4.69, 9.17) is 0 Å². The first-order chi connectivity index (χ1) is 13.1. The van der Waals surface area contributed by atoms with Gasteiger partial charge in [-0.25, -0.2) is 0 Å². The summed E-state index contributed by atoms with van der Waals surface area (Å²) in [5.41, 5.74) is 3.55. The number of nitrogens with zero attached hydrogens (tertiary/aromatic N) is 2. The maximum atomic E-state index is 13.0. The lowest BCUT2D eigenvalue weighted by Gasteiger charge is -2.27. The number of pyridine rings is 1. The summed E-state index contributed by atoms with van der Waals surface area (Å²) in [5.74, 6) is -0.00209. The van der Waals surface area contributed by atoms with Gasteiger partial charge in [0.05, 0.1) is 5.69 Å². The van der Waals surface area contributed by atoms with Crippen molar-refractivity contribution in [3.8, 4) is 11.8 Å². The number of aryl methyl sites for hydroxylation is 1. The molecular formula is C23H18N2O2. The van der Waals surface area contributed by atoms with Crippen LogP contribution in [0.1, 0.15) is 45.1 Å². The smallest absolute Gasteiger partial charge is 0.273 e. The summed E-state index contributed by atoms with van der Waals surface area (Å²) in [6, 6.07) is 20.9.